The Labute approximate surface area is 178 Å². The van der Waals surface area contributed by atoms with Crippen molar-refractivity contribution in [1.29, 1.82) is 0 Å². The van der Waals surface area contributed by atoms with Gasteiger partial charge >= 0.3 is 0 Å². The molecule has 2 aromatic rings. The smallest absolute Gasteiger partial charge is 0.239 e. The standard InChI is InChI=1S/C24H31N3O3/c1-17(19-8-7-18-5-3-4-6-20(18)15-19)26-24(29)16-27(14-13-23(25)28)21-9-11-22(30-2)12-10-21/h7-12,15,17H,3-6,13-14,16H2,1-2H3,(H2,25,28)(H,26,29)/t17-/m0/s1. The van der Waals surface area contributed by atoms with Crippen LogP contribution in [0.1, 0.15) is 48.9 Å². The first kappa shape index (κ1) is 21.7. The number of carbonyl (C=O) groups excluding carboxylic acids is 2. The normalized spacial score (nSPS) is 13.8. The summed E-state index contributed by atoms with van der Waals surface area (Å²) >= 11 is 0. The van der Waals surface area contributed by atoms with Crippen LogP contribution in [-0.2, 0) is 22.4 Å². The van der Waals surface area contributed by atoms with E-state index < -0.39 is 5.91 Å². The van der Waals surface area contributed by atoms with E-state index in [0.29, 0.717) is 6.54 Å². The second kappa shape index (κ2) is 10.1. The lowest BCUT2D eigenvalue weighted by Crippen LogP contribution is -2.39. The van der Waals surface area contributed by atoms with Gasteiger partial charge in [0.05, 0.1) is 19.7 Å². The molecule has 0 saturated heterocycles. The van der Waals surface area contributed by atoms with Crippen molar-refractivity contribution in [2.24, 2.45) is 5.73 Å². The van der Waals surface area contributed by atoms with Gasteiger partial charge in [0, 0.05) is 18.7 Å². The quantitative estimate of drug-likeness (QED) is 0.666. The Morgan fingerprint density at radius 3 is 2.47 bits per heavy atom. The van der Waals surface area contributed by atoms with Crippen LogP contribution in [0, 0.1) is 0 Å². The number of rotatable bonds is 9. The van der Waals surface area contributed by atoms with Crippen molar-refractivity contribution in [2.45, 2.75) is 45.1 Å². The molecule has 1 aliphatic rings. The second-order valence-electron chi connectivity index (χ2n) is 7.86. The molecule has 0 unspecified atom stereocenters. The van der Waals surface area contributed by atoms with Crippen molar-refractivity contribution in [3.8, 4) is 5.75 Å². The molecule has 0 bridgehead atoms. The van der Waals surface area contributed by atoms with E-state index in [1.54, 1.807) is 7.11 Å². The number of benzene rings is 2. The number of fused-ring (bicyclic) bond motifs is 1. The molecule has 1 atom stereocenters. The Morgan fingerprint density at radius 2 is 1.80 bits per heavy atom. The number of primary amides is 1. The number of anilines is 1. The van der Waals surface area contributed by atoms with E-state index >= 15 is 0 Å². The van der Waals surface area contributed by atoms with Gasteiger partial charge < -0.3 is 20.7 Å². The molecule has 2 amide bonds. The highest BCUT2D eigenvalue weighted by atomic mass is 16.5. The average Bonchev–Trinajstić information content (AvgIpc) is 2.76. The number of nitrogens with two attached hydrogens (primary N) is 1. The van der Waals surface area contributed by atoms with Gasteiger partial charge in [0.2, 0.25) is 11.8 Å². The lowest BCUT2D eigenvalue weighted by molar-refractivity contribution is -0.121. The van der Waals surface area contributed by atoms with Crippen molar-refractivity contribution in [3.05, 3.63) is 59.2 Å². The molecule has 0 spiro atoms. The fourth-order valence-electron chi connectivity index (χ4n) is 3.90. The monoisotopic (exact) mass is 409 g/mol. The third kappa shape index (κ3) is 5.75. The van der Waals surface area contributed by atoms with E-state index in [2.05, 4.69) is 23.5 Å². The van der Waals surface area contributed by atoms with Crippen molar-refractivity contribution in [2.75, 3.05) is 25.1 Å². The number of aryl methyl sites for hydroxylation is 2. The van der Waals surface area contributed by atoms with Gasteiger partial charge in [0.1, 0.15) is 5.75 Å². The Bertz CT molecular complexity index is 880. The van der Waals surface area contributed by atoms with Gasteiger partial charge in [-0.05, 0) is 73.6 Å². The first-order valence-electron chi connectivity index (χ1n) is 10.5. The van der Waals surface area contributed by atoms with E-state index in [4.69, 9.17) is 10.5 Å². The fourth-order valence-corrected chi connectivity index (χ4v) is 3.90. The zero-order valence-electron chi connectivity index (χ0n) is 17.8. The van der Waals surface area contributed by atoms with Crippen LogP contribution in [0.2, 0.25) is 0 Å². The maximum absolute atomic E-state index is 12.8. The van der Waals surface area contributed by atoms with Crippen molar-refractivity contribution < 1.29 is 14.3 Å². The van der Waals surface area contributed by atoms with Gasteiger partial charge in [0.25, 0.3) is 0 Å². The van der Waals surface area contributed by atoms with Gasteiger partial charge in [-0.3, -0.25) is 9.59 Å². The lowest BCUT2D eigenvalue weighted by atomic mass is 9.89. The van der Waals surface area contributed by atoms with Crippen LogP contribution in [0.15, 0.2) is 42.5 Å². The molecule has 0 fully saturated rings. The number of carbonyl (C=O) groups is 2. The lowest BCUT2D eigenvalue weighted by Gasteiger charge is -2.25. The van der Waals surface area contributed by atoms with Crippen LogP contribution in [-0.4, -0.2) is 32.0 Å². The molecule has 0 aromatic heterocycles. The summed E-state index contributed by atoms with van der Waals surface area (Å²) in [6, 6.07) is 13.9. The molecular formula is C24H31N3O3. The summed E-state index contributed by atoms with van der Waals surface area (Å²) in [5.41, 5.74) is 10.1. The molecular weight excluding hydrogens is 378 g/mol. The van der Waals surface area contributed by atoms with E-state index in [1.165, 1.54) is 24.0 Å². The van der Waals surface area contributed by atoms with Crippen LogP contribution < -0.4 is 20.7 Å². The second-order valence-corrected chi connectivity index (χ2v) is 7.86. The minimum absolute atomic E-state index is 0.0846. The topological polar surface area (TPSA) is 84.7 Å². The maximum Gasteiger partial charge on any atom is 0.239 e. The van der Waals surface area contributed by atoms with Gasteiger partial charge in [0.15, 0.2) is 0 Å². The van der Waals surface area contributed by atoms with Crippen LogP contribution in [0.4, 0.5) is 5.69 Å². The number of methoxy groups -OCH3 is 1. The largest absolute Gasteiger partial charge is 0.497 e. The third-order valence-electron chi connectivity index (χ3n) is 5.65. The minimum atomic E-state index is -0.392. The Kier molecular flexibility index (Phi) is 7.33. The van der Waals surface area contributed by atoms with Gasteiger partial charge in [-0.15, -0.1) is 0 Å². The van der Waals surface area contributed by atoms with E-state index in [9.17, 15) is 9.59 Å². The summed E-state index contributed by atoms with van der Waals surface area (Å²) in [7, 11) is 1.61. The third-order valence-corrected chi connectivity index (χ3v) is 5.65. The molecule has 1 aliphatic carbocycles. The zero-order chi connectivity index (χ0) is 21.5. The number of hydrogen-bond acceptors (Lipinski definition) is 4. The van der Waals surface area contributed by atoms with Crippen molar-refractivity contribution in [1.82, 2.24) is 5.32 Å². The molecule has 3 N–H and O–H groups in total. The summed E-state index contributed by atoms with van der Waals surface area (Å²) in [6.45, 7) is 2.53. The number of hydrogen-bond donors (Lipinski definition) is 2. The van der Waals surface area contributed by atoms with Crippen LogP contribution >= 0.6 is 0 Å². The number of nitrogens with one attached hydrogen (secondary N) is 1. The minimum Gasteiger partial charge on any atom is -0.497 e. The molecule has 0 saturated carbocycles. The van der Waals surface area contributed by atoms with Crippen LogP contribution in [0.5, 0.6) is 5.75 Å². The van der Waals surface area contributed by atoms with Crippen molar-refractivity contribution >= 4 is 17.5 Å². The molecule has 2 aromatic carbocycles. The average molecular weight is 410 g/mol. The Hall–Kier alpha value is -3.02. The molecule has 0 radical (unpaired) electrons. The Morgan fingerprint density at radius 1 is 1.10 bits per heavy atom. The number of nitrogens with zero attached hydrogens (tertiary/aromatic N) is 1. The first-order chi connectivity index (χ1) is 14.5. The van der Waals surface area contributed by atoms with E-state index in [0.717, 1.165) is 29.8 Å². The maximum atomic E-state index is 12.8. The number of amides is 2. The van der Waals surface area contributed by atoms with E-state index in [1.807, 2.05) is 36.1 Å². The summed E-state index contributed by atoms with van der Waals surface area (Å²) in [5.74, 6) is 0.246. The van der Waals surface area contributed by atoms with Crippen molar-refractivity contribution in [3.63, 3.8) is 0 Å². The predicted molar refractivity (Wildman–Crippen MR) is 119 cm³/mol. The highest BCUT2D eigenvalue weighted by Gasteiger charge is 2.17. The van der Waals surface area contributed by atoms with Gasteiger partial charge in [-0.2, -0.15) is 0 Å². The molecule has 160 valence electrons. The summed E-state index contributed by atoms with van der Waals surface area (Å²) in [4.78, 5) is 25.9. The van der Waals surface area contributed by atoms with Crippen LogP contribution in [0.3, 0.4) is 0 Å². The fraction of sp³-hybridized carbons (Fsp3) is 0.417. The SMILES string of the molecule is COc1ccc(N(CCC(N)=O)CC(=O)N[C@@H](C)c2ccc3c(c2)CCCC3)cc1. The summed E-state index contributed by atoms with van der Waals surface area (Å²) in [5, 5.41) is 3.09. The highest BCUT2D eigenvalue weighted by Crippen LogP contribution is 2.25. The first-order valence-corrected chi connectivity index (χ1v) is 10.5. The highest BCUT2D eigenvalue weighted by molar-refractivity contribution is 5.82. The van der Waals surface area contributed by atoms with Gasteiger partial charge in [-0.1, -0.05) is 18.2 Å². The van der Waals surface area contributed by atoms with Gasteiger partial charge in [-0.25, -0.2) is 0 Å². The zero-order valence-corrected chi connectivity index (χ0v) is 17.8. The Balaban J connectivity index is 1.66. The molecule has 6 heteroatoms. The molecule has 0 heterocycles. The summed E-state index contributed by atoms with van der Waals surface area (Å²) < 4.78 is 5.20. The van der Waals surface area contributed by atoms with E-state index in [-0.39, 0.29) is 24.9 Å². The summed E-state index contributed by atoms with van der Waals surface area (Å²) in [6.07, 6.45) is 4.92. The molecule has 30 heavy (non-hydrogen) atoms. The predicted octanol–water partition coefficient (Wildman–Crippen LogP) is 3.13. The molecule has 0 aliphatic heterocycles. The molecule has 6 nitrogen and oxygen atoms in total. The number of ether oxygens (including phenoxy) is 1. The molecule has 3 rings (SSSR count). The van der Waals surface area contributed by atoms with Crippen LogP contribution in [0.25, 0.3) is 0 Å².